The molecule has 3 rings (SSSR count). The molecule has 0 heterocycles. The van der Waals surface area contributed by atoms with Gasteiger partial charge >= 0.3 is 23.9 Å². The van der Waals surface area contributed by atoms with Gasteiger partial charge in [0.2, 0.25) is 0 Å². The Kier molecular flexibility index (Phi) is 31.8. The lowest BCUT2D eigenvalue weighted by molar-refractivity contribution is -0.167. The van der Waals surface area contributed by atoms with Crippen molar-refractivity contribution < 1.29 is 38.1 Å². The molecule has 0 aromatic rings. The van der Waals surface area contributed by atoms with Crippen molar-refractivity contribution in [3.05, 3.63) is 0 Å². The Labute approximate surface area is 394 Å². The number of carbonyl (C=O) groups excluding carboxylic acids is 4. The molecule has 0 bridgehead atoms. The van der Waals surface area contributed by atoms with E-state index in [1.54, 1.807) is 0 Å². The number of rotatable bonds is 31. The Morgan fingerprint density at radius 3 is 1.08 bits per heavy atom. The van der Waals surface area contributed by atoms with Crippen molar-refractivity contribution in [1.82, 2.24) is 0 Å². The Morgan fingerprint density at radius 1 is 0.391 bits per heavy atom. The zero-order chi connectivity index (χ0) is 47.1. The Bertz CT molecular complexity index is 1210. The lowest BCUT2D eigenvalue weighted by atomic mass is 9.69. The van der Waals surface area contributed by atoms with Crippen LogP contribution in [0.5, 0.6) is 0 Å². The molecule has 0 saturated heterocycles. The summed E-state index contributed by atoms with van der Waals surface area (Å²) in [6, 6.07) is 0. The third kappa shape index (κ3) is 25.1. The van der Waals surface area contributed by atoms with Crippen molar-refractivity contribution in [3.8, 4) is 0 Å². The molecule has 0 amide bonds. The normalized spacial score (nSPS) is 18.4. The van der Waals surface area contributed by atoms with Crippen LogP contribution in [0.15, 0.2) is 0 Å². The molecule has 4 unspecified atom stereocenters. The summed E-state index contributed by atoms with van der Waals surface area (Å²) in [6.45, 7) is 20.4. The van der Waals surface area contributed by atoms with Gasteiger partial charge in [-0.05, 0) is 80.0 Å². The zero-order valence-corrected chi connectivity index (χ0v) is 43.2. The summed E-state index contributed by atoms with van der Waals surface area (Å²) in [5.74, 6) is 0.177. The van der Waals surface area contributed by atoms with E-state index in [-0.39, 0.29) is 59.4 Å². The van der Waals surface area contributed by atoms with Gasteiger partial charge in [-0.15, -0.1) is 0 Å². The second kappa shape index (κ2) is 35.1. The molecule has 8 heteroatoms. The quantitative estimate of drug-likeness (QED) is 0.0385. The minimum atomic E-state index is -0.372. The molecule has 8 nitrogen and oxygen atoms in total. The van der Waals surface area contributed by atoms with Gasteiger partial charge in [-0.2, -0.15) is 0 Å². The highest BCUT2D eigenvalue weighted by Crippen LogP contribution is 2.43. The minimum Gasteiger partial charge on any atom is -0.465 e. The first-order valence-electron chi connectivity index (χ1n) is 27.4. The van der Waals surface area contributed by atoms with Gasteiger partial charge in [-0.25, -0.2) is 0 Å². The fraction of sp³-hybridized carbons (Fsp3) is 0.929. The monoisotopic (exact) mass is 903 g/mol. The van der Waals surface area contributed by atoms with E-state index in [0.29, 0.717) is 56.0 Å². The van der Waals surface area contributed by atoms with E-state index in [9.17, 15) is 19.2 Å². The Hall–Kier alpha value is -2.12. The molecule has 3 aliphatic carbocycles. The smallest absolute Gasteiger partial charge is 0.310 e. The van der Waals surface area contributed by atoms with E-state index in [4.69, 9.17) is 18.9 Å². The van der Waals surface area contributed by atoms with E-state index in [1.165, 1.54) is 103 Å². The van der Waals surface area contributed by atoms with Crippen LogP contribution in [0.4, 0.5) is 0 Å². The molecular formula is C56H102O8. The average molecular weight is 903 g/mol. The van der Waals surface area contributed by atoms with Crippen molar-refractivity contribution in [2.75, 3.05) is 26.4 Å². The summed E-state index contributed by atoms with van der Waals surface area (Å²) in [5, 5.41) is 0. The summed E-state index contributed by atoms with van der Waals surface area (Å²) in [6.07, 6.45) is 33.1. The van der Waals surface area contributed by atoms with Crippen molar-refractivity contribution in [2.45, 2.75) is 242 Å². The third-order valence-electron chi connectivity index (χ3n) is 14.0. The van der Waals surface area contributed by atoms with E-state index in [2.05, 4.69) is 34.6 Å². The van der Waals surface area contributed by atoms with Crippen molar-refractivity contribution >= 4 is 23.9 Å². The first kappa shape index (κ1) is 58.0. The standard InChI is InChI=1S/C33H62O4.C23H40O4/c1-6-7-8-9-10-11-12-13-14-15-16-20-23-30(32(34)36-25-27(2)3)31(33(35)37-26-28(4)5)24-29-21-18-17-19-22-29;1-16(2)14-26-22(24)20(18-10-6-5-7-11-18)21(19-12-8-9-13-19)23(25)27-15-17(3)4/h27-31H,6-26H2,1-5H3;16-21H,5-15H2,1-4H3. The first-order chi connectivity index (χ1) is 30.7. The Morgan fingerprint density at radius 2 is 0.703 bits per heavy atom. The molecule has 3 fully saturated rings. The molecular weight excluding hydrogens is 801 g/mol. The van der Waals surface area contributed by atoms with E-state index >= 15 is 0 Å². The molecule has 0 spiro atoms. The van der Waals surface area contributed by atoms with Gasteiger partial charge in [0.25, 0.3) is 0 Å². The molecule has 0 N–H and O–H groups in total. The third-order valence-corrected chi connectivity index (χ3v) is 14.0. The van der Waals surface area contributed by atoms with Crippen LogP contribution in [-0.2, 0) is 38.1 Å². The summed E-state index contributed by atoms with van der Waals surface area (Å²) in [4.78, 5) is 52.9. The summed E-state index contributed by atoms with van der Waals surface area (Å²) in [5.41, 5.74) is 0. The van der Waals surface area contributed by atoms with Gasteiger partial charge in [-0.1, -0.05) is 204 Å². The summed E-state index contributed by atoms with van der Waals surface area (Å²) < 4.78 is 22.8. The lowest BCUT2D eigenvalue weighted by Crippen LogP contribution is -2.42. The number of esters is 4. The van der Waals surface area contributed by atoms with Crippen molar-refractivity contribution in [1.29, 1.82) is 0 Å². The number of carbonyl (C=O) groups is 4. The first-order valence-corrected chi connectivity index (χ1v) is 27.4. The topological polar surface area (TPSA) is 105 Å². The molecule has 64 heavy (non-hydrogen) atoms. The van der Waals surface area contributed by atoms with Crippen LogP contribution < -0.4 is 0 Å². The van der Waals surface area contributed by atoms with Crippen LogP contribution in [0.1, 0.15) is 242 Å². The summed E-state index contributed by atoms with van der Waals surface area (Å²) >= 11 is 0. The van der Waals surface area contributed by atoms with E-state index in [0.717, 1.165) is 77.0 Å². The van der Waals surface area contributed by atoms with Gasteiger partial charge in [-0.3, -0.25) is 19.2 Å². The SMILES string of the molecule is CC(C)COC(=O)C(C1CCCCC1)C(C(=O)OCC(C)C)C1CCCC1.CCCCCCCCCCCCCCC(C(=O)OCC(C)C)C(CC1CCCCC1)C(=O)OCC(C)C. The van der Waals surface area contributed by atoms with E-state index in [1.807, 2.05) is 27.7 Å². The van der Waals surface area contributed by atoms with E-state index < -0.39 is 0 Å². The molecule has 0 aliphatic heterocycles. The maximum atomic E-state index is 13.3. The maximum absolute atomic E-state index is 13.3. The lowest BCUT2D eigenvalue weighted by Gasteiger charge is -2.36. The van der Waals surface area contributed by atoms with Gasteiger partial charge in [0, 0.05) is 0 Å². The fourth-order valence-electron chi connectivity index (χ4n) is 10.4. The predicted molar refractivity (Wildman–Crippen MR) is 263 cm³/mol. The van der Waals surface area contributed by atoms with Crippen LogP contribution >= 0.6 is 0 Å². The van der Waals surface area contributed by atoms with Crippen molar-refractivity contribution in [3.63, 3.8) is 0 Å². The second-order valence-electron chi connectivity index (χ2n) is 22.2. The van der Waals surface area contributed by atoms with Gasteiger partial charge in [0.05, 0.1) is 50.1 Å². The molecule has 0 radical (unpaired) electrons. The highest BCUT2D eigenvalue weighted by molar-refractivity contribution is 5.83. The predicted octanol–water partition coefficient (Wildman–Crippen LogP) is 15.1. The molecule has 3 saturated carbocycles. The second-order valence-corrected chi connectivity index (χ2v) is 22.2. The molecule has 0 aromatic carbocycles. The molecule has 374 valence electrons. The molecule has 4 atom stereocenters. The molecule has 0 aromatic heterocycles. The van der Waals surface area contributed by atoms with Crippen LogP contribution in [0.25, 0.3) is 0 Å². The van der Waals surface area contributed by atoms with Crippen LogP contribution in [-0.4, -0.2) is 50.3 Å². The highest BCUT2D eigenvalue weighted by atomic mass is 16.5. The largest absolute Gasteiger partial charge is 0.465 e. The fourth-order valence-corrected chi connectivity index (χ4v) is 10.4. The zero-order valence-electron chi connectivity index (χ0n) is 43.2. The Balaban J connectivity index is 0.000000461. The summed E-state index contributed by atoms with van der Waals surface area (Å²) in [7, 11) is 0. The van der Waals surface area contributed by atoms with Crippen LogP contribution in [0, 0.1) is 65.1 Å². The molecule has 3 aliphatic rings. The number of hydrogen-bond acceptors (Lipinski definition) is 8. The number of unbranched alkanes of at least 4 members (excludes halogenated alkanes) is 11. The number of ether oxygens (including phenoxy) is 4. The van der Waals surface area contributed by atoms with Crippen LogP contribution in [0.2, 0.25) is 0 Å². The van der Waals surface area contributed by atoms with Gasteiger partial charge in [0.1, 0.15) is 0 Å². The number of hydrogen-bond donors (Lipinski definition) is 0. The van der Waals surface area contributed by atoms with Gasteiger partial charge in [0.15, 0.2) is 0 Å². The van der Waals surface area contributed by atoms with Crippen LogP contribution in [0.3, 0.4) is 0 Å². The minimum absolute atomic E-state index is 0.158. The van der Waals surface area contributed by atoms with Crippen molar-refractivity contribution in [2.24, 2.45) is 65.1 Å². The highest BCUT2D eigenvalue weighted by Gasteiger charge is 2.46. The average Bonchev–Trinajstić information content (AvgIpc) is 3.81. The maximum Gasteiger partial charge on any atom is 0.310 e. The van der Waals surface area contributed by atoms with Gasteiger partial charge < -0.3 is 18.9 Å².